The highest BCUT2D eigenvalue weighted by molar-refractivity contribution is 5.94. The standard InChI is InChI=1S/C34H56N4O5/c1-4-5-6-7-8-9-10-11-12-13-14-15-16-17-31(39)35-22-24-41-26-27-42-25-23-36-32(40)29-18-20-30(21-19-29)34-38-37-33(43-34)28(2)3/h18-21,28H,4-17,22-27H2,1-3H3,(H,35,39)(H,36,40). The molecular formula is C34H56N4O5. The molecule has 0 aliphatic rings. The van der Waals surface area contributed by atoms with Crippen LogP contribution >= 0.6 is 0 Å². The first kappa shape index (κ1) is 36.4. The Morgan fingerprint density at radius 2 is 1.26 bits per heavy atom. The van der Waals surface area contributed by atoms with Crippen molar-refractivity contribution in [2.24, 2.45) is 0 Å². The molecule has 0 saturated carbocycles. The van der Waals surface area contributed by atoms with Crippen LogP contribution in [-0.4, -0.2) is 61.5 Å². The normalized spacial score (nSPS) is 11.3. The summed E-state index contributed by atoms with van der Waals surface area (Å²) in [5.41, 5.74) is 1.32. The second kappa shape index (κ2) is 23.6. The Kier molecular flexibility index (Phi) is 20.0. The van der Waals surface area contributed by atoms with Gasteiger partial charge in [-0.1, -0.05) is 97.8 Å². The number of benzene rings is 1. The molecule has 1 aromatic heterocycles. The topological polar surface area (TPSA) is 116 Å². The summed E-state index contributed by atoms with van der Waals surface area (Å²) in [4.78, 5) is 24.3. The van der Waals surface area contributed by atoms with Gasteiger partial charge in [0.05, 0.1) is 26.4 Å². The van der Waals surface area contributed by atoms with Gasteiger partial charge in [-0.15, -0.1) is 10.2 Å². The SMILES string of the molecule is CCCCCCCCCCCCCCCC(=O)NCCOCCOCCNC(=O)c1ccc(-c2nnc(C(C)C)o2)cc1. The molecule has 0 bridgehead atoms. The second-order valence-electron chi connectivity index (χ2n) is 11.5. The fraction of sp³-hybridized carbons (Fsp3) is 0.706. The van der Waals surface area contributed by atoms with Crippen molar-refractivity contribution in [3.8, 4) is 11.5 Å². The van der Waals surface area contributed by atoms with Crippen molar-refractivity contribution >= 4 is 11.8 Å². The Bertz CT molecular complexity index is 993. The van der Waals surface area contributed by atoms with Crippen molar-refractivity contribution in [1.29, 1.82) is 0 Å². The van der Waals surface area contributed by atoms with Crippen LogP contribution in [0.5, 0.6) is 0 Å². The summed E-state index contributed by atoms with van der Waals surface area (Å²) in [5.74, 6) is 1.12. The molecule has 2 N–H and O–H groups in total. The van der Waals surface area contributed by atoms with Crippen molar-refractivity contribution in [3.05, 3.63) is 35.7 Å². The van der Waals surface area contributed by atoms with Crippen molar-refractivity contribution in [3.63, 3.8) is 0 Å². The van der Waals surface area contributed by atoms with Crippen LogP contribution in [-0.2, 0) is 14.3 Å². The predicted octanol–water partition coefficient (Wildman–Crippen LogP) is 7.22. The number of hydrogen-bond acceptors (Lipinski definition) is 7. The minimum Gasteiger partial charge on any atom is -0.420 e. The summed E-state index contributed by atoms with van der Waals surface area (Å²) < 4.78 is 16.7. The molecule has 0 spiro atoms. The number of amides is 2. The van der Waals surface area contributed by atoms with E-state index < -0.39 is 0 Å². The van der Waals surface area contributed by atoms with Crippen molar-refractivity contribution < 1.29 is 23.5 Å². The Labute approximate surface area is 259 Å². The zero-order chi connectivity index (χ0) is 31.0. The third-order valence-electron chi connectivity index (χ3n) is 7.31. The van der Waals surface area contributed by atoms with E-state index in [4.69, 9.17) is 13.9 Å². The number of ether oxygens (including phenoxy) is 2. The van der Waals surface area contributed by atoms with Crippen molar-refractivity contribution in [2.45, 2.75) is 117 Å². The first-order valence-electron chi connectivity index (χ1n) is 16.7. The molecule has 43 heavy (non-hydrogen) atoms. The number of hydrogen-bond donors (Lipinski definition) is 2. The molecule has 0 radical (unpaired) electrons. The molecule has 2 rings (SSSR count). The van der Waals surface area contributed by atoms with E-state index in [0.717, 1.165) is 18.4 Å². The maximum Gasteiger partial charge on any atom is 0.251 e. The molecule has 242 valence electrons. The number of aromatic nitrogens is 2. The lowest BCUT2D eigenvalue weighted by Gasteiger charge is -2.08. The maximum absolute atomic E-state index is 12.4. The molecule has 2 aromatic rings. The lowest BCUT2D eigenvalue weighted by Crippen LogP contribution is -2.28. The highest BCUT2D eigenvalue weighted by Crippen LogP contribution is 2.21. The van der Waals surface area contributed by atoms with Gasteiger partial charge in [0.1, 0.15) is 0 Å². The number of carbonyl (C=O) groups is 2. The van der Waals surface area contributed by atoms with E-state index >= 15 is 0 Å². The molecule has 1 aromatic carbocycles. The second-order valence-corrected chi connectivity index (χ2v) is 11.5. The average Bonchev–Trinajstić information content (AvgIpc) is 3.51. The van der Waals surface area contributed by atoms with E-state index in [-0.39, 0.29) is 17.7 Å². The zero-order valence-corrected chi connectivity index (χ0v) is 27.0. The monoisotopic (exact) mass is 600 g/mol. The summed E-state index contributed by atoms with van der Waals surface area (Å²) in [6.45, 7) is 8.88. The Hall–Kier alpha value is -2.78. The van der Waals surface area contributed by atoms with E-state index in [1.54, 1.807) is 24.3 Å². The van der Waals surface area contributed by atoms with Crippen LogP contribution in [0.2, 0.25) is 0 Å². The Balaban J connectivity index is 1.35. The first-order valence-corrected chi connectivity index (χ1v) is 16.7. The Morgan fingerprint density at radius 3 is 1.79 bits per heavy atom. The van der Waals surface area contributed by atoms with Crippen LogP contribution in [0.4, 0.5) is 0 Å². The minimum absolute atomic E-state index is 0.100. The van der Waals surface area contributed by atoms with Gasteiger partial charge in [0, 0.05) is 36.6 Å². The molecule has 0 aliphatic carbocycles. The Morgan fingerprint density at radius 1 is 0.721 bits per heavy atom. The van der Waals surface area contributed by atoms with Gasteiger partial charge in [0.25, 0.3) is 5.91 Å². The maximum atomic E-state index is 12.4. The summed E-state index contributed by atoms with van der Waals surface area (Å²) in [5, 5.41) is 13.9. The van der Waals surface area contributed by atoms with Crippen LogP contribution < -0.4 is 10.6 Å². The quantitative estimate of drug-likeness (QED) is 0.110. The van der Waals surface area contributed by atoms with Gasteiger partial charge in [-0.25, -0.2) is 0 Å². The smallest absolute Gasteiger partial charge is 0.251 e. The fourth-order valence-electron chi connectivity index (χ4n) is 4.66. The number of carbonyl (C=O) groups excluding carboxylic acids is 2. The fourth-order valence-corrected chi connectivity index (χ4v) is 4.66. The molecule has 2 amide bonds. The summed E-state index contributed by atoms with van der Waals surface area (Å²) >= 11 is 0. The predicted molar refractivity (Wildman–Crippen MR) is 171 cm³/mol. The van der Waals surface area contributed by atoms with Gasteiger partial charge in [-0.05, 0) is 30.7 Å². The molecule has 0 unspecified atom stereocenters. The van der Waals surface area contributed by atoms with Gasteiger partial charge >= 0.3 is 0 Å². The van der Waals surface area contributed by atoms with E-state index in [1.807, 2.05) is 13.8 Å². The zero-order valence-electron chi connectivity index (χ0n) is 27.0. The van der Waals surface area contributed by atoms with Crippen LogP contribution in [0, 0.1) is 0 Å². The molecule has 0 aliphatic heterocycles. The largest absolute Gasteiger partial charge is 0.420 e. The van der Waals surface area contributed by atoms with E-state index in [9.17, 15) is 9.59 Å². The third kappa shape index (κ3) is 17.2. The van der Waals surface area contributed by atoms with Gasteiger partial charge in [-0.3, -0.25) is 9.59 Å². The number of nitrogens with zero attached hydrogens (tertiary/aromatic N) is 2. The lowest BCUT2D eigenvalue weighted by molar-refractivity contribution is -0.121. The molecule has 0 saturated heterocycles. The van der Waals surface area contributed by atoms with Crippen LogP contribution in [0.25, 0.3) is 11.5 Å². The van der Waals surface area contributed by atoms with Crippen LogP contribution in [0.1, 0.15) is 133 Å². The lowest BCUT2D eigenvalue weighted by atomic mass is 10.0. The number of unbranched alkanes of at least 4 members (excludes halogenated alkanes) is 12. The summed E-state index contributed by atoms with van der Waals surface area (Å²) in [6, 6.07) is 7.05. The number of rotatable bonds is 26. The molecular weight excluding hydrogens is 544 g/mol. The van der Waals surface area contributed by atoms with Gasteiger partial charge in [-0.2, -0.15) is 0 Å². The molecule has 9 heteroatoms. The third-order valence-corrected chi connectivity index (χ3v) is 7.31. The van der Waals surface area contributed by atoms with Crippen molar-refractivity contribution in [2.75, 3.05) is 39.5 Å². The van der Waals surface area contributed by atoms with Gasteiger partial charge in [0.15, 0.2) is 0 Å². The van der Waals surface area contributed by atoms with Crippen LogP contribution in [0.3, 0.4) is 0 Å². The van der Waals surface area contributed by atoms with E-state index in [0.29, 0.717) is 63.3 Å². The molecule has 0 atom stereocenters. The first-order chi connectivity index (χ1) is 21.0. The minimum atomic E-state index is -0.172. The van der Waals surface area contributed by atoms with Gasteiger partial charge < -0.3 is 24.5 Å². The van der Waals surface area contributed by atoms with E-state index in [1.165, 1.54) is 70.6 Å². The average molecular weight is 601 g/mol. The highest BCUT2D eigenvalue weighted by Gasteiger charge is 2.12. The molecule has 9 nitrogen and oxygen atoms in total. The van der Waals surface area contributed by atoms with Gasteiger partial charge in [0.2, 0.25) is 17.7 Å². The van der Waals surface area contributed by atoms with Crippen LogP contribution in [0.15, 0.2) is 28.7 Å². The summed E-state index contributed by atoms with van der Waals surface area (Å²) in [7, 11) is 0. The molecule has 0 fully saturated rings. The number of nitrogens with one attached hydrogen (secondary N) is 2. The van der Waals surface area contributed by atoms with E-state index in [2.05, 4.69) is 27.8 Å². The highest BCUT2D eigenvalue weighted by atomic mass is 16.5. The molecule has 1 heterocycles. The summed E-state index contributed by atoms with van der Waals surface area (Å²) in [6.07, 6.45) is 17.6. The van der Waals surface area contributed by atoms with Crippen molar-refractivity contribution in [1.82, 2.24) is 20.8 Å².